The highest BCUT2D eigenvalue weighted by Crippen LogP contribution is 2.37. The predicted molar refractivity (Wildman–Crippen MR) is 52.7 cm³/mol. The second kappa shape index (κ2) is 2.74. The fourth-order valence-electron chi connectivity index (χ4n) is 1.20. The third-order valence-electron chi connectivity index (χ3n) is 1.79. The quantitative estimate of drug-likeness (QED) is 0.692. The fraction of sp³-hybridized carbons (Fsp3) is 0. The summed E-state index contributed by atoms with van der Waals surface area (Å²) in [5.41, 5.74) is 0.592. The van der Waals surface area contributed by atoms with Crippen LogP contribution in [0.2, 0.25) is 10.0 Å². The molecule has 1 heterocycles. The fourth-order valence-corrected chi connectivity index (χ4v) is 3.19. The summed E-state index contributed by atoms with van der Waals surface area (Å²) < 4.78 is 22.8. The Morgan fingerprint density at radius 2 is 1.85 bits per heavy atom. The molecule has 0 amide bonds. The first-order chi connectivity index (χ1) is 6.02. The summed E-state index contributed by atoms with van der Waals surface area (Å²) in [5, 5.41) is 1.48. The summed E-state index contributed by atoms with van der Waals surface area (Å²) in [6.45, 7) is 0. The van der Waals surface area contributed by atoms with Gasteiger partial charge in [-0.05, 0) is 17.7 Å². The largest absolute Gasteiger partial charge is 0.219 e. The van der Waals surface area contributed by atoms with Crippen molar-refractivity contribution in [2.75, 3.05) is 0 Å². The van der Waals surface area contributed by atoms with E-state index in [0.29, 0.717) is 5.56 Å². The van der Waals surface area contributed by atoms with Gasteiger partial charge in [0.25, 0.3) is 0 Å². The van der Waals surface area contributed by atoms with Gasteiger partial charge in [0.1, 0.15) is 0 Å². The molecular formula is C8H4Cl2O2S. The lowest BCUT2D eigenvalue weighted by Gasteiger charge is -2.02. The van der Waals surface area contributed by atoms with Gasteiger partial charge in [-0.2, -0.15) is 0 Å². The molecule has 0 aromatic heterocycles. The summed E-state index contributed by atoms with van der Waals surface area (Å²) in [6.07, 6.45) is 1.51. The molecule has 1 aromatic rings. The molecule has 1 aliphatic heterocycles. The highest BCUT2D eigenvalue weighted by atomic mass is 35.5. The Morgan fingerprint density at radius 3 is 2.54 bits per heavy atom. The van der Waals surface area contributed by atoms with Crippen molar-refractivity contribution in [1.29, 1.82) is 0 Å². The summed E-state index contributed by atoms with van der Waals surface area (Å²) in [5.74, 6) is 0. The van der Waals surface area contributed by atoms with Gasteiger partial charge in [-0.1, -0.05) is 29.3 Å². The molecule has 0 aliphatic carbocycles. The zero-order valence-electron chi connectivity index (χ0n) is 6.29. The first-order valence-corrected chi connectivity index (χ1v) is 5.74. The third kappa shape index (κ3) is 1.27. The van der Waals surface area contributed by atoms with Gasteiger partial charge >= 0.3 is 0 Å². The maximum Gasteiger partial charge on any atom is 0.201 e. The molecule has 0 radical (unpaired) electrons. The van der Waals surface area contributed by atoms with Crippen LogP contribution in [0.4, 0.5) is 0 Å². The van der Waals surface area contributed by atoms with E-state index in [9.17, 15) is 8.42 Å². The maximum absolute atomic E-state index is 11.4. The summed E-state index contributed by atoms with van der Waals surface area (Å²) in [4.78, 5) is 0.113. The Morgan fingerprint density at radius 1 is 1.15 bits per heavy atom. The maximum atomic E-state index is 11.4. The highest BCUT2D eigenvalue weighted by Gasteiger charge is 2.25. The van der Waals surface area contributed by atoms with E-state index in [0.717, 1.165) is 5.41 Å². The van der Waals surface area contributed by atoms with Gasteiger partial charge in [-0.15, -0.1) is 0 Å². The van der Waals surface area contributed by atoms with E-state index in [2.05, 4.69) is 0 Å². The monoisotopic (exact) mass is 234 g/mol. The van der Waals surface area contributed by atoms with Crippen LogP contribution < -0.4 is 0 Å². The van der Waals surface area contributed by atoms with Crippen molar-refractivity contribution in [3.8, 4) is 0 Å². The molecule has 2 nitrogen and oxygen atoms in total. The number of benzene rings is 1. The Bertz CT molecular complexity index is 503. The SMILES string of the molecule is O=S1(=O)C=Cc2ccc(Cl)c(Cl)c21. The highest BCUT2D eigenvalue weighted by molar-refractivity contribution is 7.95. The molecule has 0 saturated carbocycles. The van der Waals surface area contributed by atoms with Gasteiger partial charge in [-0.25, -0.2) is 8.42 Å². The molecule has 5 heteroatoms. The van der Waals surface area contributed by atoms with E-state index in [-0.39, 0.29) is 14.9 Å². The lowest BCUT2D eigenvalue weighted by Crippen LogP contribution is -1.94. The first-order valence-electron chi connectivity index (χ1n) is 3.43. The van der Waals surface area contributed by atoms with Gasteiger partial charge in [0.05, 0.1) is 14.9 Å². The lowest BCUT2D eigenvalue weighted by atomic mass is 10.2. The average molecular weight is 235 g/mol. The number of hydrogen-bond donors (Lipinski definition) is 0. The topological polar surface area (TPSA) is 34.1 Å². The molecule has 0 atom stereocenters. The summed E-state index contributed by atoms with van der Waals surface area (Å²) in [7, 11) is -3.36. The van der Waals surface area contributed by atoms with Crippen molar-refractivity contribution >= 4 is 39.1 Å². The third-order valence-corrected chi connectivity index (χ3v) is 4.21. The van der Waals surface area contributed by atoms with Crippen molar-refractivity contribution in [1.82, 2.24) is 0 Å². The molecule has 68 valence electrons. The molecule has 13 heavy (non-hydrogen) atoms. The van der Waals surface area contributed by atoms with Crippen molar-refractivity contribution < 1.29 is 8.42 Å². The van der Waals surface area contributed by atoms with Gasteiger partial charge in [0.2, 0.25) is 9.84 Å². The molecule has 0 fully saturated rings. The smallest absolute Gasteiger partial charge is 0.201 e. The van der Waals surface area contributed by atoms with Crippen LogP contribution >= 0.6 is 23.2 Å². The van der Waals surface area contributed by atoms with E-state index >= 15 is 0 Å². The van der Waals surface area contributed by atoms with E-state index in [4.69, 9.17) is 23.2 Å². The molecule has 1 aromatic carbocycles. The minimum Gasteiger partial charge on any atom is -0.219 e. The zero-order chi connectivity index (χ0) is 9.64. The van der Waals surface area contributed by atoms with Crippen LogP contribution in [0.1, 0.15) is 5.56 Å². The van der Waals surface area contributed by atoms with E-state index in [1.54, 1.807) is 12.1 Å². The molecule has 0 bridgehead atoms. The van der Waals surface area contributed by atoms with Crippen LogP contribution in [0.5, 0.6) is 0 Å². The molecule has 1 aliphatic rings. The van der Waals surface area contributed by atoms with Crippen LogP contribution in [-0.4, -0.2) is 8.42 Å². The van der Waals surface area contributed by atoms with Crippen LogP contribution in [0, 0.1) is 0 Å². The second-order valence-electron chi connectivity index (χ2n) is 2.63. The molecule has 2 rings (SSSR count). The van der Waals surface area contributed by atoms with Gasteiger partial charge < -0.3 is 0 Å². The average Bonchev–Trinajstić information content (AvgIpc) is 2.35. The number of fused-ring (bicyclic) bond motifs is 1. The molecule has 0 saturated heterocycles. The van der Waals surface area contributed by atoms with Crippen LogP contribution in [0.3, 0.4) is 0 Å². The zero-order valence-corrected chi connectivity index (χ0v) is 8.62. The van der Waals surface area contributed by atoms with Gasteiger partial charge in [-0.3, -0.25) is 0 Å². The Kier molecular flexibility index (Phi) is 1.91. The number of halogens is 2. The van der Waals surface area contributed by atoms with Crippen molar-refractivity contribution in [3.05, 3.63) is 33.1 Å². The lowest BCUT2D eigenvalue weighted by molar-refractivity contribution is 0.605. The van der Waals surface area contributed by atoms with Crippen molar-refractivity contribution in [3.63, 3.8) is 0 Å². The Balaban J connectivity index is 2.89. The van der Waals surface area contributed by atoms with Crippen LogP contribution in [0.15, 0.2) is 22.4 Å². The first kappa shape index (κ1) is 9.06. The molecular weight excluding hydrogens is 231 g/mol. The standard InChI is InChI=1S/C8H4Cl2O2S/c9-6-2-1-5-3-4-13(11,12)8(5)7(6)10/h1-4H. The van der Waals surface area contributed by atoms with Gasteiger partial charge in [0, 0.05) is 5.41 Å². The minimum absolute atomic E-state index is 0.101. The normalized spacial score (nSPS) is 17.4. The predicted octanol–water partition coefficient (Wildman–Crippen LogP) is 2.75. The second-order valence-corrected chi connectivity index (χ2v) is 5.18. The van der Waals surface area contributed by atoms with Crippen molar-refractivity contribution in [2.24, 2.45) is 0 Å². The van der Waals surface area contributed by atoms with Crippen molar-refractivity contribution in [2.45, 2.75) is 4.90 Å². The summed E-state index contributed by atoms with van der Waals surface area (Å²) >= 11 is 11.5. The van der Waals surface area contributed by atoms with E-state index in [1.165, 1.54) is 6.08 Å². The van der Waals surface area contributed by atoms with Gasteiger partial charge in [0.15, 0.2) is 0 Å². The van der Waals surface area contributed by atoms with E-state index in [1.807, 2.05) is 0 Å². The Hall–Kier alpha value is -0.510. The Labute approximate surface area is 85.7 Å². The van der Waals surface area contributed by atoms with Crippen LogP contribution in [-0.2, 0) is 9.84 Å². The number of hydrogen-bond acceptors (Lipinski definition) is 2. The van der Waals surface area contributed by atoms with Crippen LogP contribution in [0.25, 0.3) is 6.08 Å². The van der Waals surface area contributed by atoms with E-state index < -0.39 is 9.84 Å². The minimum atomic E-state index is -3.36. The summed E-state index contributed by atoms with van der Waals surface area (Å²) in [6, 6.07) is 3.21. The molecule has 0 unspecified atom stereocenters. The number of sulfone groups is 1. The number of rotatable bonds is 0. The molecule has 0 spiro atoms. The molecule has 0 N–H and O–H groups in total.